The van der Waals surface area contributed by atoms with Crippen LogP contribution in [0.3, 0.4) is 0 Å². The van der Waals surface area contributed by atoms with Gasteiger partial charge in [0.05, 0.1) is 16.3 Å². The molecular formula is C25H21NOS. The number of hydrogen-bond donors (Lipinski definition) is 0. The average molecular weight is 384 g/mol. The number of anilines is 3. The Hall–Kier alpha value is -2.65. The molecule has 0 saturated heterocycles. The second-order valence-corrected chi connectivity index (χ2v) is 8.82. The van der Waals surface area contributed by atoms with E-state index < -0.39 is 0 Å². The molecule has 3 aromatic carbocycles. The van der Waals surface area contributed by atoms with Gasteiger partial charge >= 0.3 is 0 Å². The van der Waals surface area contributed by atoms with Crippen LogP contribution in [0.2, 0.25) is 0 Å². The first-order valence-corrected chi connectivity index (χ1v) is 10.8. The van der Waals surface area contributed by atoms with Gasteiger partial charge in [-0.15, -0.1) is 0 Å². The zero-order chi connectivity index (χ0) is 18.7. The highest BCUT2D eigenvalue weighted by Gasteiger charge is 2.32. The minimum atomic E-state index is 0.961. The number of furan rings is 1. The first kappa shape index (κ1) is 16.3. The van der Waals surface area contributed by atoms with Crippen molar-refractivity contribution in [2.75, 3.05) is 4.90 Å². The maximum Gasteiger partial charge on any atom is 0.219 e. The van der Waals surface area contributed by atoms with E-state index >= 15 is 0 Å². The van der Waals surface area contributed by atoms with E-state index in [2.05, 4.69) is 72.5 Å². The topological polar surface area (TPSA) is 16.4 Å². The van der Waals surface area contributed by atoms with Crippen molar-refractivity contribution in [1.82, 2.24) is 0 Å². The molecule has 0 saturated carbocycles. The molecule has 2 heterocycles. The molecule has 6 rings (SSSR count). The molecule has 1 aromatic heterocycles. The van der Waals surface area contributed by atoms with Gasteiger partial charge in [0.25, 0.3) is 0 Å². The van der Waals surface area contributed by atoms with Crippen molar-refractivity contribution < 1.29 is 4.42 Å². The summed E-state index contributed by atoms with van der Waals surface area (Å²) in [6.07, 6.45) is 4.88. The van der Waals surface area contributed by atoms with Gasteiger partial charge in [-0.1, -0.05) is 47.7 Å². The van der Waals surface area contributed by atoms with E-state index in [1.807, 2.05) is 11.8 Å². The van der Waals surface area contributed by atoms with E-state index in [0.29, 0.717) is 0 Å². The molecule has 1 aliphatic heterocycles. The van der Waals surface area contributed by atoms with Crippen LogP contribution in [0.15, 0.2) is 74.9 Å². The van der Waals surface area contributed by atoms with Crippen molar-refractivity contribution in [3.8, 4) is 0 Å². The summed E-state index contributed by atoms with van der Waals surface area (Å²) < 4.78 is 6.47. The first-order valence-electron chi connectivity index (χ1n) is 10.0. The number of fused-ring (bicyclic) bond motifs is 5. The average Bonchev–Trinajstić information content (AvgIpc) is 3.09. The highest BCUT2D eigenvalue weighted by Crippen LogP contribution is 2.55. The number of nitrogens with zero attached hydrogens (tertiary/aromatic N) is 1. The molecule has 0 radical (unpaired) electrons. The number of para-hydroxylation sites is 1. The molecule has 0 N–H and O–H groups in total. The highest BCUT2D eigenvalue weighted by molar-refractivity contribution is 8.00. The van der Waals surface area contributed by atoms with Crippen LogP contribution in [0.1, 0.15) is 29.5 Å². The van der Waals surface area contributed by atoms with Gasteiger partial charge in [0, 0.05) is 10.3 Å². The van der Waals surface area contributed by atoms with E-state index in [0.717, 1.165) is 17.9 Å². The Labute approximate surface area is 169 Å². The van der Waals surface area contributed by atoms with Crippen molar-refractivity contribution >= 4 is 40.0 Å². The Bertz CT molecular complexity index is 1220. The smallest absolute Gasteiger partial charge is 0.219 e. The molecule has 28 heavy (non-hydrogen) atoms. The molecule has 2 nitrogen and oxygen atoms in total. The number of aryl methyl sites for hydroxylation is 2. The summed E-state index contributed by atoms with van der Waals surface area (Å²) in [7, 11) is 0. The third-order valence-electron chi connectivity index (χ3n) is 5.91. The SMILES string of the molecule is Cc1ccc2oc3c(c2c1)Sc1ccccc1N3c1cccc2c1CCCC2. The second-order valence-electron chi connectivity index (χ2n) is 7.76. The predicted octanol–water partition coefficient (Wildman–Crippen LogP) is 7.55. The Morgan fingerprint density at radius 1 is 0.893 bits per heavy atom. The molecule has 138 valence electrons. The Morgan fingerprint density at radius 3 is 2.71 bits per heavy atom. The van der Waals surface area contributed by atoms with Gasteiger partial charge < -0.3 is 4.42 Å². The van der Waals surface area contributed by atoms with E-state index in [-0.39, 0.29) is 0 Å². The van der Waals surface area contributed by atoms with Gasteiger partial charge in [-0.3, -0.25) is 4.90 Å². The quantitative estimate of drug-likeness (QED) is 0.297. The lowest BCUT2D eigenvalue weighted by molar-refractivity contribution is 0.610. The molecule has 4 aromatic rings. The van der Waals surface area contributed by atoms with Crippen LogP contribution in [-0.4, -0.2) is 0 Å². The van der Waals surface area contributed by atoms with Crippen molar-refractivity contribution in [2.24, 2.45) is 0 Å². The van der Waals surface area contributed by atoms with Crippen LogP contribution in [-0.2, 0) is 12.8 Å². The van der Waals surface area contributed by atoms with Gasteiger partial charge in [0.1, 0.15) is 5.58 Å². The van der Waals surface area contributed by atoms with Gasteiger partial charge in [-0.05, 0) is 74.1 Å². The maximum atomic E-state index is 6.47. The molecule has 0 unspecified atom stereocenters. The van der Waals surface area contributed by atoms with E-state index in [9.17, 15) is 0 Å². The number of rotatable bonds is 1. The first-order chi connectivity index (χ1) is 13.8. The van der Waals surface area contributed by atoms with Crippen LogP contribution in [0.5, 0.6) is 0 Å². The molecular weight excluding hydrogens is 362 g/mol. The van der Waals surface area contributed by atoms with Crippen LogP contribution < -0.4 is 4.90 Å². The molecule has 2 aliphatic rings. The molecule has 0 spiro atoms. The van der Waals surface area contributed by atoms with Gasteiger partial charge in [0.2, 0.25) is 5.88 Å². The zero-order valence-electron chi connectivity index (χ0n) is 15.9. The van der Waals surface area contributed by atoms with Crippen LogP contribution in [0.25, 0.3) is 11.0 Å². The molecule has 0 amide bonds. The minimum Gasteiger partial charge on any atom is -0.439 e. The molecule has 0 fully saturated rings. The van der Waals surface area contributed by atoms with Crippen molar-refractivity contribution in [2.45, 2.75) is 42.4 Å². The monoisotopic (exact) mass is 383 g/mol. The minimum absolute atomic E-state index is 0.961. The van der Waals surface area contributed by atoms with Gasteiger partial charge in [0.15, 0.2) is 0 Å². The Balaban J connectivity index is 1.66. The fourth-order valence-electron chi connectivity index (χ4n) is 4.58. The molecule has 0 atom stereocenters. The predicted molar refractivity (Wildman–Crippen MR) is 116 cm³/mol. The van der Waals surface area contributed by atoms with E-state index in [4.69, 9.17) is 4.42 Å². The highest BCUT2D eigenvalue weighted by atomic mass is 32.2. The third kappa shape index (κ3) is 2.36. The van der Waals surface area contributed by atoms with E-state index in [1.54, 1.807) is 0 Å². The fraction of sp³-hybridized carbons (Fsp3) is 0.200. The van der Waals surface area contributed by atoms with Crippen LogP contribution >= 0.6 is 11.8 Å². The normalized spacial score (nSPS) is 15.2. The van der Waals surface area contributed by atoms with Crippen LogP contribution in [0, 0.1) is 6.92 Å². The second kappa shape index (κ2) is 6.18. The van der Waals surface area contributed by atoms with Crippen LogP contribution in [0.4, 0.5) is 17.3 Å². The number of hydrogen-bond acceptors (Lipinski definition) is 3. The largest absolute Gasteiger partial charge is 0.439 e. The van der Waals surface area contributed by atoms with Crippen molar-refractivity contribution in [1.29, 1.82) is 0 Å². The molecule has 0 bridgehead atoms. The molecule has 1 aliphatic carbocycles. The van der Waals surface area contributed by atoms with Gasteiger partial charge in [-0.25, -0.2) is 0 Å². The summed E-state index contributed by atoms with van der Waals surface area (Å²) in [4.78, 5) is 4.87. The summed E-state index contributed by atoms with van der Waals surface area (Å²) in [6, 6.07) is 21.9. The standard InChI is InChI=1S/C25H21NOS/c1-16-13-14-22-19(15-16)24-25(27-22)26(21-10-4-5-12-23(21)28-24)20-11-6-8-17-7-2-3-9-18(17)20/h4-6,8,10-15H,2-3,7,9H2,1H3. The zero-order valence-corrected chi connectivity index (χ0v) is 16.7. The maximum absolute atomic E-state index is 6.47. The fourth-order valence-corrected chi connectivity index (χ4v) is 5.70. The van der Waals surface area contributed by atoms with Gasteiger partial charge in [-0.2, -0.15) is 0 Å². The number of benzene rings is 3. The Morgan fingerprint density at radius 2 is 1.75 bits per heavy atom. The lowest BCUT2D eigenvalue weighted by Crippen LogP contribution is -2.17. The lowest BCUT2D eigenvalue weighted by Gasteiger charge is -2.32. The lowest BCUT2D eigenvalue weighted by atomic mass is 9.90. The van der Waals surface area contributed by atoms with Crippen molar-refractivity contribution in [3.05, 3.63) is 77.4 Å². The van der Waals surface area contributed by atoms with E-state index in [1.165, 1.54) is 62.5 Å². The van der Waals surface area contributed by atoms with Crippen molar-refractivity contribution in [3.63, 3.8) is 0 Å². The summed E-state index contributed by atoms with van der Waals surface area (Å²) in [5.74, 6) is 0.961. The summed E-state index contributed by atoms with van der Waals surface area (Å²) in [5, 5.41) is 1.21. The summed E-state index contributed by atoms with van der Waals surface area (Å²) >= 11 is 1.83. The Kier molecular flexibility index (Phi) is 3.60. The summed E-state index contributed by atoms with van der Waals surface area (Å²) in [6.45, 7) is 2.14. The third-order valence-corrected chi connectivity index (χ3v) is 7.08. The molecule has 3 heteroatoms. The summed E-state index contributed by atoms with van der Waals surface area (Å²) in [5.41, 5.74) is 7.70.